The zero-order valence-corrected chi connectivity index (χ0v) is 7.73. The van der Waals surface area contributed by atoms with E-state index in [1.165, 1.54) is 0 Å². The van der Waals surface area contributed by atoms with E-state index >= 15 is 0 Å². The summed E-state index contributed by atoms with van der Waals surface area (Å²) in [5.74, 6) is 0. The molecular formula is C6H11Cl2N3. The molecule has 64 valence electrons. The first-order chi connectivity index (χ1) is 4.30. The molecule has 0 aliphatic heterocycles. The molecule has 0 aliphatic rings. The third-order valence-corrected chi connectivity index (χ3v) is 1.06. The summed E-state index contributed by atoms with van der Waals surface area (Å²) in [6.07, 6.45) is 1.63. The van der Waals surface area contributed by atoms with E-state index in [1.807, 2.05) is 19.1 Å². The van der Waals surface area contributed by atoms with Crippen LogP contribution in [0.5, 0.6) is 0 Å². The Balaban J connectivity index is 0. The molecule has 1 rings (SSSR count). The van der Waals surface area contributed by atoms with Crippen molar-refractivity contribution < 1.29 is 0 Å². The second-order valence-electron chi connectivity index (χ2n) is 1.94. The lowest BCUT2D eigenvalue weighted by molar-refractivity contribution is 0.752. The first kappa shape index (κ1) is 13.2. The lowest BCUT2D eigenvalue weighted by Crippen LogP contribution is -2.07. The first-order valence-electron chi connectivity index (χ1n) is 2.84. The average Bonchev–Trinajstić information content (AvgIpc) is 1.90. The lowest BCUT2D eigenvalue weighted by atomic mass is 10.2. The van der Waals surface area contributed by atoms with Crippen LogP contribution in [0.1, 0.15) is 18.7 Å². The molecule has 1 atom stereocenters. The fraction of sp³-hybridized carbons (Fsp3) is 0.333. The monoisotopic (exact) mass is 195 g/mol. The van der Waals surface area contributed by atoms with Crippen molar-refractivity contribution in [3.63, 3.8) is 0 Å². The Kier molecular flexibility index (Phi) is 7.62. The van der Waals surface area contributed by atoms with E-state index in [-0.39, 0.29) is 30.9 Å². The van der Waals surface area contributed by atoms with Crippen LogP contribution in [-0.2, 0) is 0 Å². The van der Waals surface area contributed by atoms with E-state index in [1.54, 1.807) is 6.20 Å². The van der Waals surface area contributed by atoms with Crippen molar-refractivity contribution >= 4 is 24.8 Å². The number of nitrogens with two attached hydrogens (primary N) is 1. The van der Waals surface area contributed by atoms with Crippen LogP contribution in [0.4, 0.5) is 0 Å². The van der Waals surface area contributed by atoms with Gasteiger partial charge in [-0.2, -0.15) is 10.2 Å². The molecule has 1 heterocycles. The summed E-state index contributed by atoms with van der Waals surface area (Å²) in [7, 11) is 0. The molecule has 0 bridgehead atoms. The summed E-state index contributed by atoms with van der Waals surface area (Å²) in [5, 5.41) is 7.48. The van der Waals surface area contributed by atoms with Gasteiger partial charge in [-0.1, -0.05) is 0 Å². The summed E-state index contributed by atoms with van der Waals surface area (Å²) in [6.45, 7) is 1.88. The maximum atomic E-state index is 5.51. The Hall–Kier alpha value is -0.380. The summed E-state index contributed by atoms with van der Waals surface area (Å²) >= 11 is 0. The van der Waals surface area contributed by atoms with E-state index in [0.29, 0.717) is 0 Å². The highest BCUT2D eigenvalue weighted by atomic mass is 35.5. The lowest BCUT2D eigenvalue weighted by Gasteiger charge is -1.99. The molecular weight excluding hydrogens is 185 g/mol. The normalized spacial score (nSPS) is 10.7. The quantitative estimate of drug-likeness (QED) is 0.737. The van der Waals surface area contributed by atoms with Crippen LogP contribution < -0.4 is 5.73 Å². The second-order valence-corrected chi connectivity index (χ2v) is 1.94. The van der Waals surface area contributed by atoms with Gasteiger partial charge >= 0.3 is 0 Å². The number of hydrogen-bond acceptors (Lipinski definition) is 3. The highest BCUT2D eigenvalue weighted by molar-refractivity contribution is 5.85. The average molecular weight is 196 g/mol. The molecule has 5 heteroatoms. The van der Waals surface area contributed by atoms with E-state index in [0.717, 1.165) is 5.69 Å². The molecule has 0 aliphatic carbocycles. The van der Waals surface area contributed by atoms with Crippen molar-refractivity contribution in [1.29, 1.82) is 0 Å². The fourth-order valence-electron chi connectivity index (χ4n) is 0.556. The minimum Gasteiger partial charge on any atom is -0.323 e. The van der Waals surface area contributed by atoms with E-state index in [9.17, 15) is 0 Å². The Morgan fingerprint density at radius 1 is 1.45 bits per heavy atom. The van der Waals surface area contributed by atoms with Crippen LogP contribution in [0.15, 0.2) is 18.3 Å². The largest absolute Gasteiger partial charge is 0.323 e. The molecule has 2 N–H and O–H groups in total. The van der Waals surface area contributed by atoms with E-state index < -0.39 is 0 Å². The number of hydrogen-bond donors (Lipinski definition) is 1. The predicted octanol–water partition coefficient (Wildman–Crippen LogP) is 1.34. The van der Waals surface area contributed by atoms with Crippen molar-refractivity contribution in [2.75, 3.05) is 0 Å². The Labute approximate surface area is 78.2 Å². The van der Waals surface area contributed by atoms with Gasteiger partial charge in [0.25, 0.3) is 0 Å². The van der Waals surface area contributed by atoms with Crippen LogP contribution in [0.25, 0.3) is 0 Å². The maximum absolute atomic E-state index is 5.51. The topological polar surface area (TPSA) is 51.8 Å². The molecule has 3 nitrogen and oxygen atoms in total. The fourth-order valence-corrected chi connectivity index (χ4v) is 0.556. The van der Waals surface area contributed by atoms with Crippen LogP contribution >= 0.6 is 24.8 Å². The van der Waals surface area contributed by atoms with Crippen LogP contribution in [0.2, 0.25) is 0 Å². The molecule has 1 aromatic rings. The number of nitrogens with zero attached hydrogens (tertiary/aromatic N) is 2. The standard InChI is InChI=1S/C6H9N3.2ClH/c1-5(7)6-3-2-4-8-9-6;;/h2-5H,7H2,1H3;2*1H. The number of halogens is 2. The van der Waals surface area contributed by atoms with Crippen LogP contribution in [0.3, 0.4) is 0 Å². The van der Waals surface area contributed by atoms with Crippen molar-refractivity contribution in [3.05, 3.63) is 24.0 Å². The SMILES string of the molecule is CC(N)c1cccnn1.Cl.Cl. The van der Waals surface area contributed by atoms with Gasteiger partial charge in [0.05, 0.1) is 5.69 Å². The highest BCUT2D eigenvalue weighted by Crippen LogP contribution is 2.00. The minimum atomic E-state index is -0.0151. The van der Waals surface area contributed by atoms with Crippen LogP contribution in [-0.4, -0.2) is 10.2 Å². The zero-order chi connectivity index (χ0) is 6.69. The predicted molar refractivity (Wildman–Crippen MR) is 49.1 cm³/mol. The summed E-state index contributed by atoms with van der Waals surface area (Å²) in [6, 6.07) is 3.67. The van der Waals surface area contributed by atoms with Gasteiger partial charge in [0.15, 0.2) is 0 Å². The smallest absolute Gasteiger partial charge is 0.0795 e. The van der Waals surface area contributed by atoms with E-state index in [2.05, 4.69) is 10.2 Å². The van der Waals surface area contributed by atoms with Gasteiger partial charge in [0.1, 0.15) is 0 Å². The Morgan fingerprint density at radius 2 is 2.09 bits per heavy atom. The summed E-state index contributed by atoms with van der Waals surface area (Å²) in [5.41, 5.74) is 6.34. The molecule has 0 saturated heterocycles. The zero-order valence-electron chi connectivity index (χ0n) is 6.10. The van der Waals surface area contributed by atoms with Gasteiger partial charge in [-0.05, 0) is 19.1 Å². The maximum Gasteiger partial charge on any atom is 0.0795 e. The van der Waals surface area contributed by atoms with Crippen molar-refractivity contribution in [1.82, 2.24) is 10.2 Å². The van der Waals surface area contributed by atoms with Crippen molar-refractivity contribution in [3.8, 4) is 0 Å². The van der Waals surface area contributed by atoms with Gasteiger partial charge in [-0.25, -0.2) is 0 Å². The van der Waals surface area contributed by atoms with Crippen molar-refractivity contribution in [2.24, 2.45) is 5.73 Å². The first-order valence-corrected chi connectivity index (χ1v) is 2.84. The molecule has 1 unspecified atom stereocenters. The molecule has 11 heavy (non-hydrogen) atoms. The Bertz CT molecular complexity index is 178. The third-order valence-electron chi connectivity index (χ3n) is 1.06. The van der Waals surface area contributed by atoms with Gasteiger partial charge in [-0.15, -0.1) is 24.8 Å². The highest BCUT2D eigenvalue weighted by Gasteiger charge is 1.96. The Morgan fingerprint density at radius 3 is 2.36 bits per heavy atom. The molecule has 0 saturated carbocycles. The second kappa shape index (κ2) is 6.34. The van der Waals surface area contributed by atoms with Gasteiger partial charge in [0, 0.05) is 12.2 Å². The minimum absolute atomic E-state index is 0. The molecule has 0 aromatic carbocycles. The molecule has 0 radical (unpaired) electrons. The summed E-state index contributed by atoms with van der Waals surface area (Å²) in [4.78, 5) is 0. The molecule has 0 amide bonds. The number of aromatic nitrogens is 2. The number of rotatable bonds is 1. The third kappa shape index (κ3) is 4.14. The van der Waals surface area contributed by atoms with Crippen molar-refractivity contribution in [2.45, 2.75) is 13.0 Å². The molecule has 1 aromatic heterocycles. The molecule has 0 fully saturated rings. The molecule has 0 spiro atoms. The summed E-state index contributed by atoms with van der Waals surface area (Å²) < 4.78 is 0. The van der Waals surface area contributed by atoms with Gasteiger partial charge < -0.3 is 5.73 Å². The van der Waals surface area contributed by atoms with Crippen LogP contribution in [0, 0.1) is 0 Å². The van der Waals surface area contributed by atoms with Gasteiger partial charge in [-0.3, -0.25) is 0 Å². The van der Waals surface area contributed by atoms with E-state index in [4.69, 9.17) is 5.73 Å². The van der Waals surface area contributed by atoms with Gasteiger partial charge in [0.2, 0.25) is 0 Å².